The van der Waals surface area contributed by atoms with Crippen LogP contribution in [0.3, 0.4) is 0 Å². The Balaban J connectivity index is 2.18. The minimum Gasteiger partial charge on any atom is -0.497 e. The van der Waals surface area contributed by atoms with E-state index in [1.807, 2.05) is 54.6 Å². The Morgan fingerprint density at radius 3 is 2.26 bits per heavy atom. The second-order valence-corrected chi connectivity index (χ2v) is 11.9. The summed E-state index contributed by atoms with van der Waals surface area (Å²) in [6.07, 6.45) is -0.496. The predicted molar refractivity (Wildman–Crippen MR) is 140 cm³/mol. The number of sulfonamides is 1. The topological polar surface area (TPSA) is 122 Å². The zero-order chi connectivity index (χ0) is 26.0. The number of rotatable bonds is 14. The van der Waals surface area contributed by atoms with Gasteiger partial charge in [0.25, 0.3) is 0 Å². The van der Waals surface area contributed by atoms with Crippen molar-refractivity contribution < 1.29 is 23.1 Å². The zero-order valence-corrected chi connectivity index (χ0v) is 22.4. The number of carbonyl (C=O) groups is 1. The van der Waals surface area contributed by atoms with Crippen LogP contribution in [-0.2, 0) is 21.2 Å². The van der Waals surface area contributed by atoms with Gasteiger partial charge < -0.3 is 15.2 Å². The monoisotopic (exact) mass is 523 g/mol. The predicted octanol–water partition coefficient (Wildman–Crippen LogP) is 2.67. The average molecular weight is 524 g/mol. The molecule has 4 N–H and O–H groups in total. The summed E-state index contributed by atoms with van der Waals surface area (Å²) in [5.41, 5.74) is 0.953. The number of aliphatic hydroxyl groups is 1. The SMILES string of the molecule is COc1ccc(SN(CC(C)C)C[C@@H](O)[C@H](Cc2ccccc2)NC(=O)[C@H](C)CS(N)(=O)=O)cc1. The maximum absolute atomic E-state index is 12.8. The summed E-state index contributed by atoms with van der Waals surface area (Å²) in [4.78, 5) is 13.8. The summed E-state index contributed by atoms with van der Waals surface area (Å²) in [5.74, 6) is -0.637. The Morgan fingerprint density at radius 1 is 1.09 bits per heavy atom. The summed E-state index contributed by atoms with van der Waals surface area (Å²) >= 11 is 1.53. The third-order valence-corrected chi connectivity index (χ3v) is 7.28. The molecule has 0 aromatic heterocycles. The number of nitrogens with zero attached hydrogens (tertiary/aromatic N) is 1. The van der Waals surface area contributed by atoms with Crippen molar-refractivity contribution in [3.8, 4) is 5.75 Å². The van der Waals surface area contributed by atoms with Gasteiger partial charge in [-0.15, -0.1) is 0 Å². The molecule has 2 aromatic carbocycles. The maximum Gasteiger partial charge on any atom is 0.224 e. The number of benzene rings is 2. The standard InChI is InChI=1S/C25H37N3O5S2/c1-18(2)15-28(34-22-12-10-21(33-4)11-13-22)16-24(29)23(14-20-8-6-5-7-9-20)27-25(30)19(3)17-35(26,31)32/h5-13,18-19,23-24,29H,14-17H2,1-4H3,(H,27,30)(H2,26,31,32)/t19-,23+,24-/m1/s1. The van der Waals surface area contributed by atoms with E-state index in [-0.39, 0.29) is 0 Å². The maximum atomic E-state index is 12.8. The van der Waals surface area contributed by atoms with Crippen LogP contribution in [0.5, 0.6) is 5.75 Å². The first kappa shape index (κ1) is 29.1. The minimum absolute atomic E-state index is 0.302. The highest BCUT2D eigenvalue weighted by atomic mass is 32.2. The van der Waals surface area contributed by atoms with Gasteiger partial charge in [0.1, 0.15) is 5.75 Å². The van der Waals surface area contributed by atoms with E-state index in [4.69, 9.17) is 9.88 Å². The van der Waals surface area contributed by atoms with Crippen molar-refractivity contribution in [3.63, 3.8) is 0 Å². The van der Waals surface area contributed by atoms with Gasteiger partial charge in [0, 0.05) is 18.0 Å². The molecule has 3 atom stereocenters. The average Bonchev–Trinajstić information content (AvgIpc) is 2.78. The van der Waals surface area contributed by atoms with Crippen LogP contribution in [0.25, 0.3) is 0 Å². The first-order valence-corrected chi connectivity index (χ1v) is 14.1. The lowest BCUT2D eigenvalue weighted by molar-refractivity contribution is -0.125. The Bertz CT molecular complexity index is 1020. The molecule has 194 valence electrons. The molecule has 35 heavy (non-hydrogen) atoms. The number of nitrogens with one attached hydrogen (secondary N) is 1. The molecule has 0 spiro atoms. The van der Waals surface area contributed by atoms with Crippen molar-refractivity contribution in [3.05, 3.63) is 60.2 Å². The van der Waals surface area contributed by atoms with Crippen LogP contribution in [-0.4, -0.2) is 61.8 Å². The van der Waals surface area contributed by atoms with E-state index >= 15 is 0 Å². The molecule has 0 bridgehead atoms. The fourth-order valence-electron chi connectivity index (χ4n) is 3.58. The smallest absolute Gasteiger partial charge is 0.224 e. The molecule has 0 aliphatic rings. The highest BCUT2D eigenvalue weighted by molar-refractivity contribution is 7.97. The van der Waals surface area contributed by atoms with E-state index in [1.165, 1.54) is 18.9 Å². The van der Waals surface area contributed by atoms with Gasteiger partial charge in [-0.05, 0) is 54.1 Å². The second-order valence-electron chi connectivity index (χ2n) is 9.11. The molecule has 0 radical (unpaired) electrons. The van der Waals surface area contributed by atoms with E-state index < -0.39 is 39.7 Å². The van der Waals surface area contributed by atoms with Crippen LogP contribution in [0.15, 0.2) is 59.5 Å². The zero-order valence-electron chi connectivity index (χ0n) is 20.8. The number of aliphatic hydroxyl groups excluding tert-OH is 1. The van der Waals surface area contributed by atoms with E-state index in [1.54, 1.807) is 7.11 Å². The third-order valence-electron chi connectivity index (χ3n) is 5.27. The van der Waals surface area contributed by atoms with Crippen molar-refractivity contribution in [2.24, 2.45) is 17.0 Å². The van der Waals surface area contributed by atoms with Gasteiger partial charge in [0.15, 0.2) is 0 Å². The van der Waals surface area contributed by atoms with Crippen LogP contribution >= 0.6 is 11.9 Å². The van der Waals surface area contributed by atoms with Gasteiger partial charge in [0.2, 0.25) is 15.9 Å². The molecule has 0 heterocycles. The van der Waals surface area contributed by atoms with Crippen LogP contribution in [0.4, 0.5) is 0 Å². The summed E-state index contributed by atoms with van der Waals surface area (Å²) in [7, 11) is -2.18. The largest absolute Gasteiger partial charge is 0.497 e. The lowest BCUT2D eigenvalue weighted by Gasteiger charge is -2.31. The Labute approximate surface area is 213 Å². The summed E-state index contributed by atoms with van der Waals surface area (Å²) in [6.45, 7) is 6.74. The highest BCUT2D eigenvalue weighted by Gasteiger charge is 2.28. The van der Waals surface area contributed by atoms with Gasteiger partial charge in [-0.3, -0.25) is 4.79 Å². The number of nitrogens with two attached hydrogens (primary N) is 1. The Kier molecular flexibility index (Phi) is 11.5. The van der Waals surface area contributed by atoms with Crippen molar-refractivity contribution >= 4 is 27.9 Å². The third kappa shape index (κ3) is 11.0. The Morgan fingerprint density at radius 2 is 1.71 bits per heavy atom. The molecule has 2 aromatic rings. The van der Waals surface area contributed by atoms with Gasteiger partial charge >= 0.3 is 0 Å². The van der Waals surface area contributed by atoms with E-state index in [9.17, 15) is 18.3 Å². The van der Waals surface area contributed by atoms with Crippen molar-refractivity contribution in [1.29, 1.82) is 0 Å². The number of hydrogen-bond acceptors (Lipinski definition) is 7. The van der Waals surface area contributed by atoms with Crippen LogP contribution in [0, 0.1) is 11.8 Å². The first-order chi connectivity index (χ1) is 16.5. The normalized spacial score (nSPS) is 14.5. The number of carbonyl (C=O) groups excluding carboxylic acids is 1. The van der Waals surface area contributed by atoms with Gasteiger partial charge in [0.05, 0.1) is 30.9 Å². The molecule has 1 amide bonds. The first-order valence-electron chi connectivity index (χ1n) is 11.6. The number of ether oxygens (including phenoxy) is 1. The van der Waals surface area contributed by atoms with Crippen molar-refractivity contribution in [1.82, 2.24) is 9.62 Å². The molecule has 0 saturated carbocycles. The molecular weight excluding hydrogens is 486 g/mol. The molecule has 8 nitrogen and oxygen atoms in total. The van der Waals surface area contributed by atoms with Gasteiger partial charge in [-0.1, -0.05) is 51.1 Å². The number of methoxy groups -OCH3 is 1. The van der Waals surface area contributed by atoms with Crippen molar-refractivity contribution in [2.75, 3.05) is 26.0 Å². The lowest BCUT2D eigenvalue weighted by Crippen LogP contribution is -2.51. The fraction of sp³-hybridized carbons (Fsp3) is 0.480. The van der Waals surface area contributed by atoms with E-state index in [0.717, 1.165) is 22.8 Å². The van der Waals surface area contributed by atoms with Crippen molar-refractivity contribution in [2.45, 2.75) is 44.2 Å². The fourth-order valence-corrected chi connectivity index (χ4v) is 5.58. The summed E-state index contributed by atoms with van der Waals surface area (Å²) in [6, 6.07) is 16.6. The number of hydrogen-bond donors (Lipinski definition) is 3. The molecule has 0 unspecified atom stereocenters. The molecule has 10 heteroatoms. The molecule has 0 aliphatic carbocycles. The second kappa shape index (κ2) is 13.8. The molecule has 2 rings (SSSR count). The van der Waals surface area contributed by atoms with E-state index in [0.29, 0.717) is 18.9 Å². The van der Waals surface area contributed by atoms with Crippen LogP contribution in [0.2, 0.25) is 0 Å². The summed E-state index contributed by atoms with van der Waals surface area (Å²) in [5, 5.41) is 19.2. The quantitative estimate of drug-likeness (QED) is 0.326. The minimum atomic E-state index is -3.80. The van der Waals surface area contributed by atoms with Crippen LogP contribution < -0.4 is 15.2 Å². The summed E-state index contributed by atoms with van der Waals surface area (Å²) < 4.78 is 30.2. The van der Waals surface area contributed by atoms with Crippen LogP contribution in [0.1, 0.15) is 26.3 Å². The molecular formula is C25H37N3O5S2. The molecule has 0 fully saturated rings. The lowest BCUT2D eigenvalue weighted by atomic mass is 10.00. The Hall–Kier alpha value is -2.11. The molecule has 0 saturated heterocycles. The van der Waals surface area contributed by atoms with E-state index in [2.05, 4.69) is 23.5 Å². The number of primary sulfonamides is 1. The van der Waals surface area contributed by atoms with Gasteiger partial charge in [-0.25, -0.2) is 17.9 Å². The van der Waals surface area contributed by atoms with Gasteiger partial charge in [-0.2, -0.15) is 0 Å². The highest BCUT2D eigenvalue weighted by Crippen LogP contribution is 2.26. The molecule has 0 aliphatic heterocycles. The number of amides is 1.